The van der Waals surface area contributed by atoms with Crippen LogP contribution in [-0.4, -0.2) is 64.8 Å². The van der Waals surface area contributed by atoms with Gasteiger partial charge in [-0.05, 0) is 42.7 Å². The Balaban J connectivity index is 1.30. The molecule has 0 saturated carbocycles. The van der Waals surface area contributed by atoms with Crippen molar-refractivity contribution in [1.29, 1.82) is 0 Å². The first-order chi connectivity index (χ1) is 15.8. The van der Waals surface area contributed by atoms with Crippen molar-refractivity contribution >= 4 is 23.5 Å². The Bertz CT molecular complexity index is 1070. The second-order valence-electron chi connectivity index (χ2n) is 8.13. The summed E-state index contributed by atoms with van der Waals surface area (Å²) in [5.74, 6) is -3.23. The highest BCUT2D eigenvalue weighted by atomic mass is 19.1. The molecule has 7 nitrogen and oxygen atoms in total. The van der Waals surface area contributed by atoms with Gasteiger partial charge in [-0.25, -0.2) is 18.0 Å². The molecular formula is C23H23F3N4O3. The summed E-state index contributed by atoms with van der Waals surface area (Å²) >= 11 is 0. The van der Waals surface area contributed by atoms with Crippen LogP contribution in [0, 0.1) is 17.5 Å². The lowest BCUT2D eigenvalue weighted by Gasteiger charge is -2.42. The van der Waals surface area contributed by atoms with Crippen LogP contribution in [0.25, 0.3) is 0 Å². The van der Waals surface area contributed by atoms with Gasteiger partial charge in [0, 0.05) is 44.8 Å². The summed E-state index contributed by atoms with van der Waals surface area (Å²) in [5, 5.41) is 2.43. The van der Waals surface area contributed by atoms with Crippen LogP contribution < -0.4 is 5.32 Å². The molecule has 2 fully saturated rings. The van der Waals surface area contributed by atoms with Gasteiger partial charge >= 0.3 is 17.8 Å². The number of hydrogen-bond donors (Lipinski definition) is 1. The van der Waals surface area contributed by atoms with E-state index in [1.807, 2.05) is 0 Å². The number of piperazine rings is 1. The molecule has 10 heteroatoms. The van der Waals surface area contributed by atoms with E-state index in [-0.39, 0.29) is 18.3 Å². The van der Waals surface area contributed by atoms with Gasteiger partial charge in [-0.15, -0.1) is 0 Å². The number of carbonyl (C=O) groups excluding carboxylic acids is 3. The Kier molecular flexibility index (Phi) is 6.52. The van der Waals surface area contributed by atoms with Gasteiger partial charge in [-0.2, -0.15) is 0 Å². The molecule has 2 aliphatic heterocycles. The van der Waals surface area contributed by atoms with Crippen LogP contribution in [0.15, 0.2) is 42.5 Å². The fourth-order valence-electron chi connectivity index (χ4n) is 4.21. The average molecular weight is 460 g/mol. The molecule has 2 aromatic rings. The highest BCUT2D eigenvalue weighted by molar-refractivity contribution is 6.35. The molecule has 174 valence electrons. The molecule has 0 atom stereocenters. The fourth-order valence-corrected chi connectivity index (χ4v) is 4.21. The quantitative estimate of drug-likeness (QED) is 0.714. The van der Waals surface area contributed by atoms with E-state index in [0.29, 0.717) is 50.7 Å². The minimum Gasteiger partial charge on any atom is -0.330 e. The number of nitrogens with zero attached hydrogens (tertiary/aromatic N) is 3. The molecule has 0 radical (unpaired) electrons. The van der Waals surface area contributed by atoms with Crippen molar-refractivity contribution < 1.29 is 27.6 Å². The van der Waals surface area contributed by atoms with Crippen LogP contribution in [0.5, 0.6) is 0 Å². The normalized spacial score (nSPS) is 17.5. The van der Waals surface area contributed by atoms with Crippen molar-refractivity contribution in [2.75, 3.05) is 31.5 Å². The first-order valence-corrected chi connectivity index (χ1v) is 10.7. The average Bonchev–Trinajstić information content (AvgIpc) is 2.79. The van der Waals surface area contributed by atoms with Gasteiger partial charge in [-0.3, -0.25) is 9.59 Å². The number of piperidine rings is 1. The third kappa shape index (κ3) is 5.10. The van der Waals surface area contributed by atoms with E-state index in [9.17, 15) is 27.6 Å². The Hall–Kier alpha value is -3.56. The number of carbonyl (C=O) groups is 3. The second kappa shape index (κ2) is 9.51. The van der Waals surface area contributed by atoms with Gasteiger partial charge in [0.2, 0.25) is 0 Å². The Morgan fingerprint density at radius 1 is 0.909 bits per heavy atom. The maximum atomic E-state index is 13.8. The van der Waals surface area contributed by atoms with Crippen molar-refractivity contribution in [3.05, 3.63) is 65.5 Å². The molecule has 2 aliphatic rings. The molecule has 2 heterocycles. The molecule has 0 bridgehead atoms. The lowest BCUT2D eigenvalue weighted by Crippen LogP contribution is -2.59. The third-order valence-electron chi connectivity index (χ3n) is 5.97. The van der Waals surface area contributed by atoms with Gasteiger partial charge in [0.1, 0.15) is 17.5 Å². The van der Waals surface area contributed by atoms with Crippen LogP contribution in [0.3, 0.4) is 0 Å². The number of urea groups is 1. The number of hydrogen-bond acceptors (Lipinski definition) is 3. The van der Waals surface area contributed by atoms with E-state index in [1.54, 1.807) is 17.0 Å². The van der Waals surface area contributed by atoms with Crippen LogP contribution >= 0.6 is 0 Å². The van der Waals surface area contributed by atoms with Crippen molar-refractivity contribution in [1.82, 2.24) is 14.7 Å². The smallest absolute Gasteiger partial charge is 0.321 e. The predicted molar refractivity (Wildman–Crippen MR) is 114 cm³/mol. The monoisotopic (exact) mass is 460 g/mol. The summed E-state index contributed by atoms with van der Waals surface area (Å²) in [6.45, 7) is 1.51. The summed E-state index contributed by atoms with van der Waals surface area (Å²) in [6, 6.07) is 8.11. The van der Waals surface area contributed by atoms with Crippen LogP contribution in [0.2, 0.25) is 0 Å². The molecule has 4 rings (SSSR count). The third-order valence-corrected chi connectivity index (χ3v) is 5.97. The number of rotatable bonds is 4. The zero-order valence-electron chi connectivity index (χ0n) is 17.8. The molecule has 0 spiro atoms. The first-order valence-electron chi connectivity index (χ1n) is 10.7. The number of amides is 4. The standard InChI is InChI=1S/C23H23F3N4O3/c24-16-3-1-2-15(12-16)14-29-10-11-30(22(32)21(29)31)18-6-8-28(9-7-18)23(33)27-20-5-4-17(25)13-19(20)26/h1-5,12-13,18H,6-11,14H2,(H,27,33). The number of nitrogens with one attached hydrogen (secondary N) is 1. The maximum Gasteiger partial charge on any atom is 0.321 e. The van der Waals surface area contributed by atoms with Crippen LogP contribution in [0.1, 0.15) is 18.4 Å². The van der Waals surface area contributed by atoms with E-state index >= 15 is 0 Å². The van der Waals surface area contributed by atoms with Crippen molar-refractivity contribution in [2.24, 2.45) is 0 Å². The number of likely N-dealkylation sites (tertiary alicyclic amines) is 1. The predicted octanol–water partition coefficient (Wildman–Crippen LogP) is 2.97. The van der Waals surface area contributed by atoms with E-state index in [4.69, 9.17) is 0 Å². The van der Waals surface area contributed by atoms with E-state index < -0.39 is 35.3 Å². The molecule has 0 aliphatic carbocycles. The minimum absolute atomic E-state index is 0.112. The zero-order chi connectivity index (χ0) is 23.5. The van der Waals surface area contributed by atoms with Crippen molar-refractivity contribution in [3.63, 3.8) is 0 Å². The van der Waals surface area contributed by atoms with Gasteiger partial charge in [0.05, 0.1) is 5.69 Å². The second-order valence-corrected chi connectivity index (χ2v) is 8.13. The first kappa shape index (κ1) is 22.6. The van der Waals surface area contributed by atoms with Crippen LogP contribution in [-0.2, 0) is 16.1 Å². The SMILES string of the molecule is O=C(Nc1ccc(F)cc1F)N1CCC(N2CCN(Cc3cccc(F)c3)C(=O)C2=O)CC1. The summed E-state index contributed by atoms with van der Waals surface area (Å²) in [7, 11) is 0. The fraction of sp³-hybridized carbons (Fsp3) is 0.348. The summed E-state index contributed by atoms with van der Waals surface area (Å²) in [5.41, 5.74) is 0.500. The Morgan fingerprint density at radius 2 is 1.64 bits per heavy atom. The number of halogens is 3. The van der Waals surface area contributed by atoms with Gasteiger partial charge in [0.25, 0.3) is 0 Å². The van der Waals surface area contributed by atoms with Gasteiger partial charge in [0.15, 0.2) is 0 Å². The van der Waals surface area contributed by atoms with Gasteiger partial charge in [-0.1, -0.05) is 12.1 Å². The lowest BCUT2D eigenvalue weighted by atomic mass is 10.0. The highest BCUT2D eigenvalue weighted by Gasteiger charge is 2.38. The largest absolute Gasteiger partial charge is 0.330 e. The van der Waals surface area contributed by atoms with E-state index in [0.717, 1.165) is 12.1 Å². The summed E-state index contributed by atoms with van der Waals surface area (Å²) in [6.07, 6.45) is 0.949. The zero-order valence-corrected chi connectivity index (χ0v) is 17.8. The number of benzene rings is 2. The van der Waals surface area contributed by atoms with E-state index in [2.05, 4.69) is 5.32 Å². The molecule has 4 amide bonds. The van der Waals surface area contributed by atoms with Crippen LogP contribution in [0.4, 0.5) is 23.7 Å². The van der Waals surface area contributed by atoms with E-state index in [1.165, 1.54) is 21.9 Å². The van der Waals surface area contributed by atoms with Gasteiger partial charge < -0.3 is 20.0 Å². The molecule has 0 aromatic heterocycles. The highest BCUT2D eigenvalue weighted by Crippen LogP contribution is 2.22. The molecular weight excluding hydrogens is 437 g/mol. The van der Waals surface area contributed by atoms with Crippen molar-refractivity contribution in [2.45, 2.75) is 25.4 Å². The number of anilines is 1. The topological polar surface area (TPSA) is 73.0 Å². The van der Waals surface area contributed by atoms with Crippen molar-refractivity contribution in [3.8, 4) is 0 Å². The molecule has 2 saturated heterocycles. The molecule has 0 unspecified atom stereocenters. The Labute approximate surface area is 188 Å². The molecule has 33 heavy (non-hydrogen) atoms. The molecule has 1 N–H and O–H groups in total. The summed E-state index contributed by atoms with van der Waals surface area (Å²) < 4.78 is 40.2. The molecule has 2 aromatic carbocycles. The Morgan fingerprint density at radius 3 is 2.33 bits per heavy atom. The lowest BCUT2D eigenvalue weighted by molar-refractivity contribution is -0.158. The summed E-state index contributed by atoms with van der Waals surface area (Å²) in [4.78, 5) is 42.2. The minimum atomic E-state index is -0.863. The maximum absolute atomic E-state index is 13.8.